The summed E-state index contributed by atoms with van der Waals surface area (Å²) in [6.07, 6.45) is 19.1. The average molecular weight is 1060 g/mol. The highest BCUT2D eigenvalue weighted by Crippen LogP contribution is 2.62. The van der Waals surface area contributed by atoms with Crippen LogP contribution in [0.1, 0.15) is 144 Å². The molecule has 12 nitrogen and oxygen atoms in total. The second-order valence-corrected chi connectivity index (χ2v) is 21.3. The van der Waals surface area contributed by atoms with Crippen molar-refractivity contribution in [3.05, 3.63) is 168 Å². The van der Waals surface area contributed by atoms with E-state index in [1.54, 1.807) is 12.1 Å². The number of carbonyl (C=O) groups is 2. The molecule has 2 amide bonds. The molecule has 78 heavy (non-hydrogen) atoms. The Morgan fingerprint density at radius 3 is 2.19 bits per heavy atom. The number of aliphatic hydroxyl groups excluding tert-OH is 2. The van der Waals surface area contributed by atoms with E-state index in [4.69, 9.17) is 28.9 Å². The van der Waals surface area contributed by atoms with Crippen LogP contribution in [0.2, 0.25) is 0 Å². The lowest BCUT2D eigenvalue weighted by atomic mass is 9.55. The molecule has 416 valence electrons. The summed E-state index contributed by atoms with van der Waals surface area (Å²) in [5, 5.41) is 30.3. The lowest BCUT2D eigenvalue weighted by molar-refractivity contribution is -0.256. The van der Waals surface area contributed by atoms with Gasteiger partial charge in [0, 0.05) is 37.7 Å². The predicted molar refractivity (Wildman–Crippen MR) is 308 cm³/mol. The largest absolute Gasteiger partial charge is 0.459 e. The van der Waals surface area contributed by atoms with Crippen LogP contribution in [0.4, 0.5) is 9.59 Å². The third-order valence-electron chi connectivity index (χ3n) is 15.9. The number of amides is 2. The minimum atomic E-state index is -1.53. The maximum atomic E-state index is 15.4. The average Bonchev–Trinajstić information content (AvgIpc) is 3.66. The topological polar surface area (TPSA) is 148 Å². The van der Waals surface area contributed by atoms with Gasteiger partial charge in [0.2, 0.25) is 5.79 Å². The molecule has 5 aromatic carbocycles. The summed E-state index contributed by atoms with van der Waals surface area (Å²) in [5.41, 5.74) is 5.27. The van der Waals surface area contributed by atoms with Crippen LogP contribution in [-0.4, -0.2) is 71.3 Å². The maximum Gasteiger partial charge on any atom is 0.412 e. The maximum absolute atomic E-state index is 15.4. The number of rotatable bonds is 31. The summed E-state index contributed by atoms with van der Waals surface area (Å²) in [6.45, 7) is 7.59. The van der Waals surface area contributed by atoms with E-state index < -0.39 is 29.9 Å². The van der Waals surface area contributed by atoms with Gasteiger partial charge in [-0.3, -0.25) is 4.90 Å². The Morgan fingerprint density at radius 1 is 0.782 bits per heavy atom. The smallest absolute Gasteiger partial charge is 0.412 e. The van der Waals surface area contributed by atoms with Crippen molar-refractivity contribution in [2.75, 3.05) is 26.4 Å². The van der Waals surface area contributed by atoms with Crippen LogP contribution in [-0.2, 0) is 34.0 Å². The Kier molecular flexibility index (Phi) is 22.2. The highest BCUT2D eigenvalue weighted by atomic mass is 16.7. The van der Waals surface area contributed by atoms with Crippen LogP contribution in [0.3, 0.4) is 0 Å². The normalized spacial score (nSPS) is 20.7. The van der Waals surface area contributed by atoms with Gasteiger partial charge < -0.3 is 39.3 Å². The fraction of sp³-hybridized carbons (Fsp3) is 0.470. The number of aliphatic hydroxyl groups is 2. The molecule has 0 unspecified atom stereocenters. The van der Waals surface area contributed by atoms with E-state index in [2.05, 4.69) is 49.2 Å². The van der Waals surface area contributed by atoms with E-state index in [0.29, 0.717) is 36.6 Å². The molecular formula is C66H83N3O9. The lowest BCUT2D eigenvalue weighted by Gasteiger charge is -2.59. The molecule has 3 N–H and O–H groups in total. The number of allylic oxidation sites excluding steroid dienone is 1. The number of fused-ring (bicyclic) bond motifs is 3. The molecule has 6 atom stereocenters. The molecule has 0 bridgehead atoms. The first-order chi connectivity index (χ1) is 38.4. The number of benzene rings is 5. The van der Waals surface area contributed by atoms with Gasteiger partial charge in [-0.1, -0.05) is 198 Å². The van der Waals surface area contributed by atoms with Crippen LogP contribution < -0.4 is 14.8 Å². The number of carbonyl (C=O) groups excluding carboxylic acids is 2. The molecule has 12 heteroatoms. The van der Waals surface area contributed by atoms with E-state index >= 15 is 4.79 Å². The van der Waals surface area contributed by atoms with E-state index in [0.717, 1.165) is 83.5 Å². The molecule has 5 aromatic rings. The summed E-state index contributed by atoms with van der Waals surface area (Å²) in [5.74, 6) is -1.58. The third kappa shape index (κ3) is 15.0. The summed E-state index contributed by atoms with van der Waals surface area (Å²) >= 11 is 0. The van der Waals surface area contributed by atoms with Gasteiger partial charge in [0.15, 0.2) is 0 Å². The summed E-state index contributed by atoms with van der Waals surface area (Å²) in [7, 11) is 0. The molecule has 8 rings (SSSR count). The number of nitrogens with one attached hydrogen (secondary N) is 1. The zero-order valence-corrected chi connectivity index (χ0v) is 45.9. The molecule has 1 heterocycles. The minimum Gasteiger partial charge on any atom is -0.459 e. The number of hydrogen-bond acceptors (Lipinski definition) is 10. The van der Waals surface area contributed by atoms with Crippen LogP contribution >= 0.6 is 0 Å². The van der Waals surface area contributed by atoms with Crippen LogP contribution in [0.5, 0.6) is 11.5 Å². The second-order valence-electron chi connectivity index (χ2n) is 21.3. The fourth-order valence-corrected chi connectivity index (χ4v) is 12.1. The van der Waals surface area contributed by atoms with Gasteiger partial charge in [0.05, 0.1) is 31.4 Å². The molecular weight excluding hydrogens is 979 g/mol. The van der Waals surface area contributed by atoms with Gasteiger partial charge in [-0.15, -0.1) is 6.58 Å². The molecule has 0 radical (unpaired) electrons. The second kappa shape index (κ2) is 30.0. The van der Waals surface area contributed by atoms with Crippen LogP contribution in [0, 0.1) is 17.8 Å². The Bertz CT molecular complexity index is 2730. The van der Waals surface area contributed by atoms with Crippen molar-refractivity contribution in [2.24, 2.45) is 22.9 Å². The van der Waals surface area contributed by atoms with Gasteiger partial charge in [0.25, 0.3) is 0 Å². The van der Waals surface area contributed by atoms with E-state index in [-0.39, 0.29) is 63.8 Å². The number of nitrogens with zero attached hydrogens (tertiary/aromatic N) is 2. The SMILES string of the molecule is C=CCO[C@@]12Oc3ccc(OC(=O)NCc4ccccc4)cc3[C@H]3[C@H](CCCCO)[C@@H](CCCCO)C=C(C(=NOCc4ccccc4)C[C@@H]1N(Cc1cccc4ccccc14)C(=O)OCCCCCCCCCCCC)[C@H]32. The molecule has 3 aliphatic rings. The van der Waals surface area contributed by atoms with E-state index in [1.807, 2.05) is 95.9 Å². The molecule has 1 fully saturated rings. The standard InChI is InChI=1S/C66H83N3O9/c1-3-5-6-7-8-9-10-11-12-25-42-74-65(73)69(47-53-34-26-33-51-31-19-20-35-55(51)53)61-45-59(68-76-48-50-29-17-14-18-30-50)57-43-52(32-21-23-39-70)56(36-22-24-40-71)62-58-44-54(77-64(72)67-46-49-27-15-13-16-28-49)37-38-60(58)78-66(61,63(57)62)75-41-4-2/h4,13-20,26-31,33-35,37-38,43-44,52,56,61-63,70-71H,2-3,5-12,21-25,32,36,39-42,45-48H2,1H3,(H,67,72)/t52-,56+,61-,62+,63+,66+/m0/s1. The monoisotopic (exact) mass is 1060 g/mol. The molecule has 1 aliphatic heterocycles. The third-order valence-corrected chi connectivity index (χ3v) is 15.9. The Hall–Kier alpha value is -6.47. The highest BCUT2D eigenvalue weighted by molar-refractivity contribution is 6.03. The van der Waals surface area contributed by atoms with Gasteiger partial charge >= 0.3 is 12.2 Å². The number of hydrogen-bond donors (Lipinski definition) is 3. The summed E-state index contributed by atoms with van der Waals surface area (Å²) in [6, 6.07) is 38.7. The molecule has 2 aliphatic carbocycles. The van der Waals surface area contributed by atoms with Crippen molar-refractivity contribution in [3.63, 3.8) is 0 Å². The zero-order chi connectivity index (χ0) is 54.4. The molecule has 1 saturated carbocycles. The van der Waals surface area contributed by atoms with Gasteiger partial charge in [-0.25, -0.2) is 9.59 Å². The lowest BCUT2D eigenvalue weighted by Crippen LogP contribution is -2.70. The van der Waals surface area contributed by atoms with Crippen molar-refractivity contribution in [2.45, 2.75) is 154 Å². The van der Waals surface area contributed by atoms with Crippen molar-refractivity contribution < 1.29 is 43.6 Å². The minimum absolute atomic E-state index is 0.00183. The fourth-order valence-electron chi connectivity index (χ4n) is 12.1. The summed E-state index contributed by atoms with van der Waals surface area (Å²) < 4.78 is 27.3. The highest BCUT2D eigenvalue weighted by Gasteiger charge is 2.66. The van der Waals surface area contributed by atoms with Crippen molar-refractivity contribution in [3.8, 4) is 11.5 Å². The first kappa shape index (κ1) is 57.7. The van der Waals surface area contributed by atoms with Gasteiger partial charge in [0.1, 0.15) is 24.1 Å². The van der Waals surface area contributed by atoms with Crippen molar-refractivity contribution >= 4 is 28.7 Å². The van der Waals surface area contributed by atoms with Crippen LogP contribution in [0.25, 0.3) is 10.8 Å². The first-order valence-corrected chi connectivity index (χ1v) is 29.0. The number of oxime groups is 1. The zero-order valence-electron chi connectivity index (χ0n) is 45.9. The number of ether oxygens (including phenoxy) is 4. The molecule has 0 saturated heterocycles. The van der Waals surface area contributed by atoms with Gasteiger partial charge in [-0.2, -0.15) is 0 Å². The first-order valence-electron chi connectivity index (χ1n) is 29.0. The predicted octanol–water partition coefficient (Wildman–Crippen LogP) is 14.5. The van der Waals surface area contributed by atoms with Gasteiger partial charge in [-0.05, 0) is 95.2 Å². The molecule has 0 spiro atoms. The Balaban J connectivity index is 1.24. The Morgan fingerprint density at radius 2 is 1.46 bits per heavy atom. The Labute approximate surface area is 462 Å². The summed E-state index contributed by atoms with van der Waals surface area (Å²) in [4.78, 5) is 37.2. The quantitative estimate of drug-likeness (QED) is 0.0224. The van der Waals surface area contributed by atoms with E-state index in [1.165, 1.54) is 44.9 Å². The van der Waals surface area contributed by atoms with Crippen molar-refractivity contribution in [1.29, 1.82) is 0 Å². The van der Waals surface area contributed by atoms with E-state index in [9.17, 15) is 15.0 Å². The van der Waals surface area contributed by atoms with Crippen LogP contribution in [0.15, 0.2) is 151 Å². The van der Waals surface area contributed by atoms with Crippen molar-refractivity contribution in [1.82, 2.24) is 10.2 Å². The molecule has 0 aromatic heterocycles. The number of unbranched alkanes of at least 4 members (excludes halogenated alkanes) is 11.